The van der Waals surface area contributed by atoms with Crippen LogP contribution < -0.4 is 16.4 Å². The number of likely N-dealkylation sites (N-methyl/N-ethyl adjacent to an activating group) is 2. The Bertz CT molecular complexity index is 1420. The van der Waals surface area contributed by atoms with Crippen LogP contribution in [0.5, 0.6) is 0 Å². The lowest BCUT2D eigenvalue weighted by molar-refractivity contribution is -0.194. The summed E-state index contributed by atoms with van der Waals surface area (Å²) in [4.78, 5) is 22.5. The molecule has 0 amide bonds. The van der Waals surface area contributed by atoms with Gasteiger partial charge in [0.25, 0.3) is 0 Å². The van der Waals surface area contributed by atoms with Gasteiger partial charge in [0.05, 0.1) is 0 Å². The Morgan fingerprint density at radius 2 is 1.65 bits per heavy atom. The molecule has 5 nitrogen and oxygen atoms in total. The number of benzene rings is 1. The topological polar surface area (TPSA) is 84.2 Å². The smallest absolute Gasteiger partial charge is 0.150 e. The molecule has 0 radical (unpaired) electrons. The minimum atomic E-state index is 0.0816. The van der Waals surface area contributed by atoms with Crippen LogP contribution in [-0.2, 0) is 11.2 Å². The van der Waals surface area contributed by atoms with Crippen LogP contribution in [0.1, 0.15) is 134 Å². The fourth-order valence-corrected chi connectivity index (χ4v) is 12.7. The Morgan fingerprint density at radius 1 is 0.885 bits per heavy atom. The van der Waals surface area contributed by atoms with E-state index in [0.717, 1.165) is 67.4 Å². The molecule has 6 aliphatic rings. The van der Waals surface area contributed by atoms with Gasteiger partial charge in [-0.2, -0.15) is 0 Å². The molecule has 1 aromatic rings. The Kier molecular flexibility index (Phi) is 15.2. The largest absolute Gasteiger partial charge is 0.324 e. The third-order valence-corrected chi connectivity index (χ3v) is 14.9. The number of fused-ring (bicyclic) bond motifs is 7. The van der Waals surface area contributed by atoms with E-state index in [2.05, 4.69) is 62.8 Å². The van der Waals surface area contributed by atoms with Gasteiger partial charge in [-0.1, -0.05) is 77.0 Å². The second kappa shape index (κ2) is 18.7. The van der Waals surface area contributed by atoms with E-state index in [0.29, 0.717) is 16.2 Å². The quantitative estimate of drug-likeness (QED) is 0.194. The summed E-state index contributed by atoms with van der Waals surface area (Å²) < 4.78 is 0. The highest BCUT2D eigenvalue weighted by atomic mass is 16.1. The monoisotopic (exact) mass is 712 g/mol. The van der Waals surface area contributed by atoms with Crippen LogP contribution >= 0.6 is 0 Å². The van der Waals surface area contributed by atoms with Crippen LogP contribution in [0, 0.1) is 63.6 Å². The van der Waals surface area contributed by atoms with Crippen molar-refractivity contribution in [3.63, 3.8) is 0 Å². The van der Waals surface area contributed by atoms with Gasteiger partial charge in [-0.3, -0.25) is 4.79 Å². The first kappa shape index (κ1) is 42.2. The summed E-state index contributed by atoms with van der Waals surface area (Å²) >= 11 is 0. The van der Waals surface area contributed by atoms with Gasteiger partial charge < -0.3 is 21.2 Å². The molecule has 0 aliphatic heterocycles. The predicted molar refractivity (Wildman–Crippen MR) is 219 cm³/mol. The SMILES string of the molecule is C#CC.CC1(C)CCCC2(C)C1CCC1(C)C3CCC4(C=O)CCCC4C3CCC12.CNCC1=CCC(N)C=C1.CNCCc1cccc(C=O)c1. The van der Waals surface area contributed by atoms with E-state index < -0.39 is 0 Å². The molecule has 9 atom stereocenters. The van der Waals surface area contributed by atoms with E-state index in [1.807, 2.05) is 44.4 Å². The van der Waals surface area contributed by atoms with Crippen molar-refractivity contribution in [2.75, 3.05) is 27.2 Å². The van der Waals surface area contributed by atoms with Crippen molar-refractivity contribution in [1.29, 1.82) is 0 Å². The summed E-state index contributed by atoms with van der Waals surface area (Å²) in [6.07, 6.45) is 31.7. The Morgan fingerprint density at radius 3 is 2.31 bits per heavy atom. The molecule has 52 heavy (non-hydrogen) atoms. The van der Waals surface area contributed by atoms with Gasteiger partial charge >= 0.3 is 0 Å². The zero-order valence-electron chi connectivity index (χ0n) is 33.9. The molecule has 0 bridgehead atoms. The number of hydrogen-bond acceptors (Lipinski definition) is 5. The standard InChI is InChI=1S/C26H42O.C10H13NO.C8H14N2.C3H4/c1-23(2)12-6-13-25(4)21(23)11-15-24(3)19-10-16-26(17-27)14-5-7-20(26)18(19)8-9-22(24)25;1-11-6-5-9-3-2-4-10(7-9)8-12;1-10-6-7-2-4-8(9)5-3-7;1-3-2/h17-22H,5-16H2,1-4H3;2-4,7-8,11H,5-6H2,1H3;2-4,8,10H,5-6,9H2,1H3;1H,2H3. The lowest BCUT2D eigenvalue weighted by Crippen LogP contribution is -2.61. The first-order valence-electron chi connectivity index (χ1n) is 20.7. The van der Waals surface area contributed by atoms with Crippen molar-refractivity contribution in [2.24, 2.45) is 57.0 Å². The maximum Gasteiger partial charge on any atom is 0.150 e. The van der Waals surface area contributed by atoms with E-state index in [-0.39, 0.29) is 11.5 Å². The predicted octanol–water partition coefficient (Wildman–Crippen LogP) is 9.36. The first-order valence-corrected chi connectivity index (χ1v) is 20.7. The summed E-state index contributed by atoms with van der Waals surface area (Å²) in [5.74, 6) is 6.58. The van der Waals surface area contributed by atoms with Crippen molar-refractivity contribution < 1.29 is 9.59 Å². The van der Waals surface area contributed by atoms with Crippen LogP contribution in [0.2, 0.25) is 0 Å². The molecule has 5 heteroatoms. The molecule has 1 aromatic carbocycles. The average Bonchev–Trinajstić information content (AvgIpc) is 3.58. The van der Waals surface area contributed by atoms with E-state index in [4.69, 9.17) is 5.73 Å². The van der Waals surface area contributed by atoms with Gasteiger partial charge in [0.15, 0.2) is 0 Å². The molecule has 6 aliphatic carbocycles. The molecule has 5 fully saturated rings. The molecule has 0 aromatic heterocycles. The number of terminal acetylenes is 1. The lowest BCUT2D eigenvalue weighted by Gasteiger charge is -2.68. The molecule has 9 unspecified atom stereocenters. The molecule has 0 spiro atoms. The molecular formula is C47H73N3O2. The van der Waals surface area contributed by atoms with E-state index in [1.165, 1.54) is 94.5 Å². The van der Waals surface area contributed by atoms with Gasteiger partial charge in [0, 0.05) is 23.6 Å². The fourth-order valence-electron chi connectivity index (χ4n) is 12.7. The third-order valence-electron chi connectivity index (χ3n) is 14.9. The van der Waals surface area contributed by atoms with E-state index in [9.17, 15) is 9.59 Å². The second-order valence-electron chi connectivity index (χ2n) is 18.3. The normalized spacial score (nSPS) is 36.4. The third kappa shape index (κ3) is 9.22. The summed E-state index contributed by atoms with van der Waals surface area (Å²) in [6.45, 7) is 14.1. The Labute approximate surface area is 318 Å². The summed E-state index contributed by atoms with van der Waals surface area (Å²) in [7, 11) is 3.87. The van der Waals surface area contributed by atoms with Crippen molar-refractivity contribution in [3.8, 4) is 12.3 Å². The minimum Gasteiger partial charge on any atom is -0.324 e. The van der Waals surface area contributed by atoms with Gasteiger partial charge in [-0.15, -0.1) is 12.3 Å². The number of nitrogens with two attached hydrogens (primary N) is 1. The number of nitrogens with one attached hydrogen (secondary N) is 2. The van der Waals surface area contributed by atoms with Crippen LogP contribution in [0.4, 0.5) is 0 Å². The number of hydrogen-bond donors (Lipinski definition) is 3. The molecule has 5 saturated carbocycles. The highest BCUT2D eigenvalue weighted by molar-refractivity contribution is 5.74. The maximum absolute atomic E-state index is 12.1. The summed E-state index contributed by atoms with van der Waals surface area (Å²) in [5.41, 5.74) is 10.7. The molecule has 288 valence electrons. The van der Waals surface area contributed by atoms with Gasteiger partial charge in [0.2, 0.25) is 0 Å². The number of carbonyl (C=O) groups excluding carboxylic acids is 2. The van der Waals surface area contributed by atoms with E-state index >= 15 is 0 Å². The summed E-state index contributed by atoms with van der Waals surface area (Å²) in [6, 6.07) is 7.92. The average molecular weight is 712 g/mol. The number of carbonyl (C=O) groups is 2. The van der Waals surface area contributed by atoms with Gasteiger partial charge in [0.1, 0.15) is 12.6 Å². The van der Waals surface area contributed by atoms with Crippen LogP contribution in [0.15, 0.2) is 48.1 Å². The van der Waals surface area contributed by atoms with Crippen molar-refractivity contribution >= 4 is 12.6 Å². The molecule has 7 rings (SSSR count). The molecule has 0 saturated heterocycles. The summed E-state index contributed by atoms with van der Waals surface area (Å²) in [5, 5.41) is 6.16. The minimum absolute atomic E-state index is 0.0816. The maximum atomic E-state index is 12.1. The van der Waals surface area contributed by atoms with Gasteiger partial charge in [-0.05, 0) is 168 Å². The van der Waals surface area contributed by atoms with Crippen LogP contribution in [0.25, 0.3) is 0 Å². The lowest BCUT2D eigenvalue weighted by atomic mass is 9.36. The van der Waals surface area contributed by atoms with Crippen molar-refractivity contribution in [1.82, 2.24) is 10.6 Å². The van der Waals surface area contributed by atoms with Crippen molar-refractivity contribution in [2.45, 2.75) is 131 Å². The highest BCUT2D eigenvalue weighted by Crippen LogP contribution is 2.72. The van der Waals surface area contributed by atoms with E-state index in [1.54, 1.807) is 6.92 Å². The number of rotatable bonds is 7. The molecule has 0 heterocycles. The zero-order valence-corrected chi connectivity index (χ0v) is 33.9. The molecular weight excluding hydrogens is 639 g/mol. The van der Waals surface area contributed by atoms with Crippen LogP contribution in [0.3, 0.4) is 0 Å². The number of aldehydes is 2. The van der Waals surface area contributed by atoms with Crippen LogP contribution in [-0.4, -0.2) is 45.8 Å². The Hall–Kier alpha value is -2.52. The second-order valence-corrected chi connectivity index (χ2v) is 18.3. The Balaban J connectivity index is 0.000000200. The zero-order chi connectivity index (χ0) is 38.0. The highest BCUT2D eigenvalue weighted by Gasteiger charge is 2.65. The first-order chi connectivity index (χ1) is 24.9. The van der Waals surface area contributed by atoms with Crippen molar-refractivity contribution in [3.05, 3.63) is 59.2 Å². The van der Waals surface area contributed by atoms with Gasteiger partial charge in [-0.25, -0.2) is 0 Å². The molecule has 4 N–H and O–H groups in total. The fraction of sp³-hybridized carbons (Fsp3) is 0.702.